The van der Waals surface area contributed by atoms with Gasteiger partial charge in [-0.15, -0.1) is 0 Å². The van der Waals surface area contributed by atoms with E-state index in [0.717, 1.165) is 11.3 Å². The highest BCUT2D eigenvalue weighted by molar-refractivity contribution is 5.98. The van der Waals surface area contributed by atoms with Crippen molar-refractivity contribution in [3.8, 4) is 0 Å². The minimum atomic E-state index is -0.0806. The van der Waals surface area contributed by atoms with E-state index in [2.05, 4.69) is 10.3 Å². The number of oxazole rings is 1. The lowest BCUT2D eigenvalue weighted by Crippen LogP contribution is -2.12. The number of nitrogens with one attached hydrogen (secondary N) is 1. The predicted octanol–water partition coefficient (Wildman–Crippen LogP) is 3.30. The van der Waals surface area contributed by atoms with E-state index in [1.54, 1.807) is 19.3 Å². The first-order valence-electron chi connectivity index (χ1n) is 6.41. The van der Waals surface area contributed by atoms with Gasteiger partial charge in [0.1, 0.15) is 11.3 Å². The van der Waals surface area contributed by atoms with Crippen LogP contribution in [0.1, 0.15) is 18.1 Å². The number of carbonyl (C=O) groups excluding carboxylic acids is 1. The monoisotopic (exact) mass is 270 g/mol. The molecule has 1 amide bonds. The van der Waals surface area contributed by atoms with Crippen molar-refractivity contribution in [2.45, 2.75) is 19.8 Å². The molecule has 20 heavy (non-hydrogen) atoms. The fourth-order valence-electron chi connectivity index (χ4n) is 2.06. The van der Waals surface area contributed by atoms with Gasteiger partial charge in [-0.25, -0.2) is 4.98 Å². The molecule has 0 radical (unpaired) electrons. The van der Waals surface area contributed by atoms with E-state index in [0.29, 0.717) is 30.0 Å². The molecule has 0 unspecified atom stereocenters. The van der Waals surface area contributed by atoms with Crippen molar-refractivity contribution in [1.82, 2.24) is 4.98 Å². The van der Waals surface area contributed by atoms with Crippen molar-refractivity contribution in [2.24, 2.45) is 0 Å². The minimum absolute atomic E-state index is 0.0806. The highest BCUT2D eigenvalue weighted by Crippen LogP contribution is 2.24. The molecule has 0 aliphatic heterocycles. The molecule has 102 valence electrons. The molecule has 0 fully saturated rings. The molecule has 2 heterocycles. The highest BCUT2D eigenvalue weighted by atomic mass is 16.3. The van der Waals surface area contributed by atoms with Crippen LogP contribution in [0.5, 0.6) is 0 Å². The second-order valence-electron chi connectivity index (χ2n) is 4.51. The second-order valence-corrected chi connectivity index (χ2v) is 4.51. The van der Waals surface area contributed by atoms with Gasteiger partial charge in [-0.05, 0) is 24.3 Å². The zero-order valence-corrected chi connectivity index (χ0v) is 11.1. The molecule has 0 atom stereocenters. The maximum absolute atomic E-state index is 11.9. The molecule has 5 nitrogen and oxygen atoms in total. The Balaban J connectivity index is 1.71. The Labute approximate surface area is 115 Å². The molecule has 3 aromatic rings. The molecule has 1 aromatic carbocycles. The van der Waals surface area contributed by atoms with Gasteiger partial charge in [-0.2, -0.15) is 0 Å². The number of hydrogen-bond acceptors (Lipinski definition) is 4. The average molecular weight is 270 g/mol. The minimum Gasteiger partial charge on any atom is -0.469 e. The number of carbonyl (C=O) groups is 1. The summed E-state index contributed by atoms with van der Waals surface area (Å²) in [7, 11) is 0. The number of rotatable bonds is 4. The molecule has 0 bridgehead atoms. The molecule has 3 rings (SSSR count). The predicted molar refractivity (Wildman–Crippen MR) is 74.4 cm³/mol. The standard InChI is InChI=1S/C15H14N2O3/c1-10-16-12-5-2-6-13(15(12)20-10)17-14(18)8-7-11-4-3-9-19-11/h2-6,9H,7-8H2,1H3,(H,17,18). The smallest absolute Gasteiger partial charge is 0.224 e. The van der Waals surface area contributed by atoms with Gasteiger partial charge in [0, 0.05) is 19.8 Å². The van der Waals surface area contributed by atoms with Gasteiger partial charge in [0.05, 0.1) is 12.0 Å². The normalized spacial score (nSPS) is 10.8. The van der Waals surface area contributed by atoms with E-state index < -0.39 is 0 Å². The maximum Gasteiger partial charge on any atom is 0.224 e. The summed E-state index contributed by atoms with van der Waals surface area (Å²) in [6, 6.07) is 9.16. The van der Waals surface area contributed by atoms with E-state index in [-0.39, 0.29) is 5.91 Å². The average Bonchev–Trinajstić information content (AvgIpc) is 3.05. The molecular formula is C15H14N2O3. The Kier molecular flexibility index (Phi) is 3.25. The highest BCUT2D eigenvalue weighted by Gasteiger charge is 2.10. The maximum atomic E-state index is 11.9. The van der Waals surface area contributed by atoms with Crippen molar-refractivity contribution in [3.05, 3.63) is 48.2 Å². The molecule has 0 saturated carbocycles. The fourth-order valence-corrected chi connectivity index (χ4v) is 2.06. The molecule has 1 N–H and O–H groups in total. The van der Waals surface area contributed by atoms with Crippen molar-refractivity contribution in [2.75, 3.05) is 5.32 Å². The third-order valence-electron chi connectivity index (χ3n) is 2.97. The Morgan fingerprint density at radius 1 is 1.30 bits per heavy atom. The summed E-state index contributed by atoms with van der Waals surface area (Å²) in [6.45, 7) is 1.78. The summed E-state index contributed by atoms with van der Waals surface area (Å²) in [6.07, 6.45) is 2.53. The van der Waals surface area contributed by atoms with Crippen LogP contribution in [-0.2, 0) is 11.2 Å². The number of para-hydroxylation sites is 1. The molecule has 2 aromatic heterocycles. The van der Waals surface area contributed by atoms with Crippen LogP contribution < -0.4 is 5.32 Å². The number of aryl methyl sites for hydroxylation is 2. The van der Waals surface area contributed by atoms with Gasteiger partial charge < -0.3 is 14.2 Å². The lowest BCUT2D eigenvalue weighted by molar-refractivity contribution is -0.116. The summed E-state index contributed by atoms with van der Waals surface area (Å²) in [4.78, 5) is 16.2. The van der Waals surface area contributed by atoms with Crippen LogP contribution in [0.3, 0.4) is 0 Å². The van der Waals surface area contributed by atoms with Crippen molar-refractivity contribution in [3.63, 3.8) is 0 Å². The molecule has 0 aliphatic rings. The number of furan rings is 1. The van der Waals surface area contributed by atoms with Gasteiger partial charge in [0.25, 0.3) is 0 Å². The van der Waals surface area contributed by atoms with Crippen molar-refractivity contribution < 1.29 is 13.6 Å². The Morgan fingerprint density at radius 2 is 2.20 bits per heavy atom. The molecular weight excluding hydrogens is 256 g/mol. The Hall–Kier alpha value is -2.56. The summed E-state index contributed by atoms with van der Waals surface area (Å²) in [5.41, 5.74) is 2.00. The number of hydrogen-bond donors (Lipinski definition) is 1. The van der Waals surface area contributed by atoms with Crippen molar-refractivity contribution in [1.29, 1.82) is 0 Å². The topological polar surface area (TPSA) is 68.3 Å². The lowest BCUT2D eigenvalue weighted by atomic mass is 10.2. The summed E-state index contributed by atoms with van der Waals surface area (Å²) in [5, 5.41) is 2.85. The molecule has 5 heteroatoms. The SMILES string of the molecule is Cc1nc2cccc(NC(=O)CCc3ccco3)c2o1. The Bertz CT molecular complexity index is 729. The van der Waals surface area contributed by atoms with Crippen LogP contribution in [0.15, 0.2) is 45.4 Å². The summed E-state index contributed by atoms with van der Waals surface area (Å²) < 4.78 is 10.7. The van der Waals surface area contributed by atoms with Gasteiger partial charge in [-0.3, -0.25) is 4.79 Å². The second kappa shape index (κ2) is 5.21. The Morgan fingerprint density at radius 3 is 3.00 bits per heavy atom. The third kappa shape index (κ3) is 2.56. The summed E-state index contributed by atoms with van der Waals surface area (Å²) >= 11 is 0. The van der Waals surface area contributed by atoms with Crippen LogP contribution >= 0.6 is 0 Å². The largest absolute Gasteiger partial charge is 0.469 e. The van der Waals surface area contributed by atoms with Crippen LogP contribution in [0, 0.1) is 6.92 Å². The van der Waals surface area contributed by atoms with Crippen molar-refractivity contribution >= 4 is 22.7 Å². The van der Waals surface area contributed by atoms with E-state index in [4.69, 9.17) is 8.83 Å². The molecule has 0 saturated heterocycles. The number of amides is 1. The van der Waals surface area contributed by atoms with E-state index in [9.17, 15) is 4.79 Å². The zero-order chi connectivity index (χ0) is 13.9. The summed E-state index contributed by atoms with van der Waals surface area (Å²) in [5.74, 6) is 1.30. The molecule has 0 aliphatic carbocycles. The van der Waals surface area contributed by atoms with Crippen LogP contribution in [-0.4, -0.2) is 10.9 Å². The zero-order valence-electron chi connectivity index (χ0n) is 11.1. The van der Waals surface area contributed by atoms with Crippen LogP contribution in [0.2, 0.25) is 0 Å². The number of anilines is 1. The van der Waals surface area contributed by atoms with Gasteiger partial charge in [0.15, 0.2) is 11.5 Å². The van der Waals surface area contributed by atoms with Crippen LogP contribution in [0.25, 0.3) is 11.1 Å². The lowest BCUT2D eigenvalue weighted by Gasteiger charge is -2.04. The number of aromatic nitrogens is 1. The van der Waals surface area contributed by atoms with Gasteiger partial charge in [-0.1, -0.05) is 6.07 Å². The van der Waals surface area contributed by atoms with E-state index in [1.807, 2.05) is 24.3 Å². The van der Waals surface area contributed by atoms with Crippen LogP contribution in [0.4, 0.5) is 5.69 Å². The first-order chi connectivity index (χ1) is 9.72. The van der Waals surface area contributed by atoms with Gasteiger partial charge in [0.2, 0.25) is 5.91 Å². The first-order valence-corrected chi connectivity index (χ1v) is 6.41. The number of benzene rings is 1. The van der Waals surface area contributed by atoms with Gasteiger partial charge >= 0.3 is 0 Å². The van der Waals surface area contributed by atoms with E-state index in [1.165, 1.54) is 0 Å². The fraction of sp³-hybridized carbons (Fsp3) is 0.200. The molecule has 0 spiro atoms. The number of fused-ring (bicyclic) bond motifs is 1. The first kappa shape index (κ1) is 12.5. The third-order valence-corrected chi connectivity index (χ3v) is 2.97. The van der Waals surface area contributed by atoms with E-state index >= 15 is 0 Å². The number of nitrogens with zero attached hydrogens (tertiary/aromatic N) is 1. The quantitative estimate of drug-likeness (QED) is 0.789.